The molecule has 0 radical (unpaired) electrons. The van der Waals surface area contributed by atoms with E-state index in [0.717, 1.165) is 29.2 Å². The highest BCUT2D eigenvalue weighted by molar-refractivity contribution is 7.98. The van der Waals surface area contributed by atoms with E-state index in [0.29, 0.717) is 12.0 Å². The topological polar surface area (TPSA) is 56.4 Å². The fraction of sp³-hybridized carbons (Fsp3) is 0.533. The van der Waals surface area contributed by atoms with Crippen molar-refractivity contribution in [1.29, 1.82) is 5.41 Å². The number of nitrogens with two attached hydrogens (primary N) is 1. The Bertz CT molecular complexity index is 501. The van der Waals surface area contributed by atoms with Crippen molar-refractivity contribution in [2.45, 2.75) is 17.9 Å². The number of nitrogens with zero attached hydrogens (tertiary/aromatic N) is 2. The highest BCUT2D eigenvalue weighted by atomic mass is 32.2. The van der Waals surface area contributed by atoms with Crippen LogP contribution in [0.4, 0.5) is 5.69 Å². The second-order valence-electron chi connectivity index (χ2n) is 5.68. The molecule has 1 aliphatic heterocycles. The van der Waals surface area contributed by atoms with Gasteiger partial charge in [-0.25, -0.2) is 0 Å². The average Bonchev–Trinajstić information content (AvgIpc) is 2.79. The number of hydrogen-bond donors (Lipinski definition) is 2. The van der Waals surface area contributed by atoms with E-state index in [1.54, 1.807) is 11.8 Å². The van der Waals surface area contributed by atoms with Gasteiger partial charge in [-0.05, 0) is 38.4 Å². The fourth-order valence-corrected chi connectivity index (χ4v) is 3.68. The molecule has 0 saturated carbocycles. The summed E-state index contributed by atoms with van der Waals surface area (Å²) in [6.07, 6.45) is 2.03. The third-order valence-electron chi connectivity index (χ3n) is 4.07. The first-order valence-corrected chi connectivity index (χ1v) is 8.11. The van der Waals surface area contributed by atoms with Crippen LogP contribution in [0.15, 0.2) is 23.1 Å². The molecule has 1 aromatic carbocycles. The Morgan fingerprint density at radius 1 is 1.40 bits per heavy atom. The number of amidine groups is 1. The van der Waals surface area contributed by atoms with Crippen LogP contribution in [0.1, 0.15) is 12.5 Å². The number of likely N-dealkylation sites (N-methyl/N-ethyl adjacent to an activating group) is 1. The minimum atomic E-state index is 0.158. The molecule has 1 saturated heterocycles. The van der Waals surface area contributed by atoms with Crippen LogP contribution in [0.2, 0.25) is 0 Å². The molecule has 3 N–H and O–H groups in total. The summed E-state index contributed by atoms with van der Waals surface area (Å²) >= 11 is 1.65. The molecule has 5 heteroatoms. The summed E-state index contributed by atoms with van der Waals surface area (Å²) in [7, 11) is 4.27. The van der Waals surface area contributed by atoms with E-state index < -0.39 is 0 Å². The van der Waals surface area contributed by atoms with Crippen LogP contribution in [-0.4, -0.2) is 50.2 Å². The Kier molecular flexibility index (Phi) is 4.60. The van der Waals surface area contributed by atoms with Crippen molar-refractivity contribution in [1.82, 2.24) is 4.90 Å². The number of nitrogen functional groups attached to an aromatic ring is 1. The van der Waals surface area contributed by atoms with Crippen LogP contribution in [0.25, 0.3) is 0 Å². The number of thioether (sulfide) groups is 1. The van der Waals surface area contributed by atoms with E-state index in [9.17, 15) is 0 Å². The maximum atomic E-state index is 7.90. The molecule has 2 atom stereocenters. The number of benzene rings is 1. The summed E-state index contributed by atoms with van der Waals surface area (Å²) in [4.78, 5) is 5.73. The minimum absolute atomic E-state index is 0.158. The van der Waals surface area contributed by atoms with Crippen molar-refractivity contribution in [2.75, 3.05) is 38.3 Å². The summed E-state index contributed by atoms with van der Waals surface area (Å²) < 4.78 is 0. The zero-order valence-corrected chi connectivity index (χ0v) is 13.5. The number of rotatable bonds is 4. The first-order valence-electron chi connectivity index (χ1n) is 6.88. The number of anilines is 1. The third-order valence-corrected chi connectivity index (χ3v) is 4.85. The lowest BCUT2D eigenvalue weighted by atomic mass is 10.1. The van der Waals surface area contributed by atoms with Gasteiger partial charge in [-0.2, -0.15) is 0 Å². The van der Waals surface area contributed by atoms with Crippen LogP contribution < -0.4 is 10.6 Å². The zero-order chi connectivity index (χ0) is 14.9. The Hall–Kier alpha value is -1.20. The molecule has 2 unspecified atom stereocenters. The molecule has 2 rings (SSSR count). The molecule has 20 heavy (non-hydrogen) atoms. The van der Waals surface area contributed by atoms with Gasteiger partial charge in [0.1, 0.15) is 5.84 Å². The summed E-state index contributed by atoms with van der Waals surface area (Å²) in [6, 6.07) is 6.73. The summed E-state index contributed by atoms with van der Waals surface area (Å²) in [5.74, 6) is 0.772. The van der Waals surface area contributed by atoms with Gasteiger partial charge in [-0.1, -0.05) is 13.0 Å². The normalized spacial score (nSPS) is 22.6. The maximum Gasteiger partial charge on any atom is 0.126 e. The lowest BCUT2D eigenvalue weighted by Crippen LogP contribution is -2.34. The van der Waals surface area contributed by atoms with Gasteiger partial charge >= 0.3 is 0 Å². The first-order chi connectivity index (χ1) is 9.45. The molecule has 0 bridgehead atoms. The fourth-order valence-electron chi connectivity index (χ4n) is 3.04. The number of nitrogens with one attached hydrogen (secondary N) is 1. The van der Waals surface area contributed by atoms with Gasteiger partial charge in [-0.3, -0.25) is 5.41 Å². The highest BCUT2D eigenvalue weighted by Gasteiger charge is 2.32. The highest BCUT2D eigenvalue weighted by Crippen LogP contribution is 2.33. The van der Waals surface area contributed by atoms with Gasteiger partial charge in [0.2, 0.25) is 0 Å². The molecular weight excluding hydrogens is 268 g/mol. The van der Waals surface area contributed by atoms with Crippen LogP contribution in [0.3, 0.4) is 0 Å². The van der Waals surface area contributed by atoms with Gasteiger partial charge < -0.3 is 15.5 Å². The van der Waals surface area contributed by atoms with Gasteiger partial charge in [0.15, 0.2) is 0 Å². The Morgan fingerprint density at radius 2 is 2.10 bits per heavy atom. The molecule has 1 aromatic rings. The monoisotopic (exact) mass is 292 g/mol. The van der Waals surface area contributed by atoms with Crippen LogP contribution in [-0.2, 0) is 0 Å². The van der Waals surface area contributed by atoms with Crippen LogP contribution in [0.5, 0.6) is 0 Å². The second-order valence-corrected chi connectivity index (χ2v) is 6.53. The van der Waals surface area contributed by atoms with Crippen LogP contribution >= 0.6 is 11.8 Å². The van der Waals surface area contributed by atoms with E-state index >= 15 is 0 Å². The molecular formula is C15H24N4S. The lowest BCUT2D eigenvalue weighted by Gasteiger charge is -2.25. The van der Waals surface area contributed by atoms with Gasteiger partial charge in [0.05, 0.1) is 5.56 Å². The van der Waals surface area contributed by atoms with Crippen molar-refractivity contribution < 1.29 is 0 Å². The van der Waals surface area contributed by atoms with Crippen molar-refractivity contribution in [3.05, 3.63) is 23.8 Å². The molecule has 0 aliphatic carbocycles. The van der Waals surface area contributed by atoms with E-state index in [4.69, 9.17) is 11.1 Å². The first kappa shape index (κ1) is 15.2. The largest absolute Gasteiger partial charge is 0.384 e. The van der Waals surface area contributed by atoms with E-state index in [1.165, 1.54) is 0 Å². The van der Waals surface area contributed by atoms with Crippen molar-refractivity contribution >= 4 is 23.3 Å². The zero-order valence-electron chi connectivity index (χ0n) is 12.7. The number of hydrogen-bond acceptors (Lipinski definition) is 4. The Labute approximate surface area is 125 Å². The molecule has 0 amide bonds. The van der Waals surface area contributed by atoms with Crippen molar-refractivity contribution in [3.8, 4) is 0 Å². The summed E-state index contributed by atoms with van der Waals surface area (Å²) in [6.45, 7) is 4.30. The van der Waals surface area contributed by atoms with E-state index in [1.807, 2.05) is 12.3 Å². The summed E-state index contributed by atoms with van der Waals surface area (Å²) in [5.41, 5.74) is 7.80. The molecule has 1 heterocycles. The van der Waals surface area contributed by atoms with Crippen molar-refractivity contribution in [2.24, 2.45) is 11.7 Å². The molecule has 4 nitrogen and oxygen atoms in total. The SMILES string of the molecule is CSc1cccc(N2CC(C)C(N(C)C)C2)c1C(=N)N. The Morgan fingerprint density at radius 3 is 2.60 bits per heavy atom. The minimum Gasteiger partial charge on any atom is -0.384 e. The van der Waals surface area contributed by atoms with E-state index in [2.05, 4.69) is 43.0 Å². The molecule has 0 aromatic heterocycles. The average molecular weight is 292 g/mol. The maximum absolute atomic E-state index is 7.90. The predicted octanol–water partition coefficient (Wildman–Crippen LogP) is 2.08. The van der Waals surface area contributed by atoms with Crippen molar-refractivity contribution in [3.63, 3.8) is 0 Å². The quantitative estimate of drug-likeness (QED) is 0.507. The van der Waals surface area contributed by atoms with Crippen LogP contribution in [0, 0.1) is 11.3 Å². The predicted molar refractivity (Wildman–Crippen MR) is 88.1 cm³/mol. The second kappa shape index (κ2) is 6.06. The van der Waals surface area contributed by atoms with Gasteiger partial charge in [0.25, 0.3) is 0 Å². The molecule has 1 aliphatic rings. The molecule has 0 spiro atoms. The third kappa shape index (κ3) is 2.79. The van der Waals surface area contributed by atoms with Gasteiger partial charge in [-0.15, -0.1) is 11.8 Å². The standard InChI is InChI=1S/C15H24N4S/c1-10-8-19(9-12(10)18(2)3)11-6-5-7-13(20-4)14(11)15(16)17/h5-7,10,12H,8-9H2,1-4H3,(H3,16,17). The smallest absolute Gasteiger partial charge is 0.126 e. The van der Waals surface area contributed by atoms with E-state index in [-0.39, 0.29) is 5.84 Å². The molecule has 1 fully saturated rings. The van der Waals surface area contributed by atoms with Gasteiger partial charge in [0, 0.05) is 29.7 Å². The summed E-state index contributed by atoms with van der Waals surface area (Å²) in [5, 5.41) is 7.90. The Balaban J connectivity index is 2.37. The lowest BCUT2D eigenvalue weighted by molar-refractivity contribution is 0.266. The molecule has 110 valence electrons.